The number of carbonyl (C=O) groups excluding carboxylic acids is 2. The van der Waals surface area contributed by atoms with Crippen LogP contribution >= 0.6 is 15.9 Å². The molecule has 0 saturated carbocycles. The van der Waals surface area contributed by atoms with Crippen molar-refractivity contribution in [3.05, 3.63) is 56.8 Å². The summed E-state index contributed by atoms with van der Waals surface area (Å²) in [6.45, 7) is 6.38. The lowest BCUT2D eigenvalue weighted by atomic mass is 10.0. The van der Waals surface area contributed by atoms with Crippen molar-refractivity contribution < 1.29 is 14.3 Å². The number of aromatic nitrogens is 1. The van der Waals surface area contributed by atoms with Gasteiger partial charge in [-0.15, -0.1) is 0 Å². The van der Waals surface area contributed by atoms with E-state index in [9.17, 15) is 9.59 Å². The van der Waals surface area contributed by atoms with Crippen molar-refractivity contribution in [1.82, 2.24) is 10.3 Å². The molecule has 0 radical (unpaired) electrons. The molecule has 0 aliphatic carbocycles. The smallest absolute Gasteiger partial charge is 0.355 e. The summed E-state index contributed by atoms with van der Waals surface area (Å²) in [5.41, 5.74) is 4.27. The Kier molecular flexibility index (Phi) is 6.82. The highest BCUT2D eigenvalue weighted by molar-refractivity contribution is 9.10. The summed E-state index contributed by atoms with van der Waals surface area (Å²) < 4.78 is 6.03. The van der Waals surface area contributed by atoms with Crippen LogP contribution in [0.4, 0.5) is 0 Å². The highest BCUT2D eigenvalue weighted by atomic mass is 79.9. The number of nitrogens with one attached hydrogen (secondary N) is 2. The molecule has 0 atom stereocenters. The number of esters is 1. The fourth-order valence-electron chi connectivity index (χ4n) is 2.73. The molecule has 0 bridgehead atoms. The van der Waals surface area contributed by atoms with Gasteiger partial charge < -0.3 is 15.0 Å². The first kappa shape index (κ1) is 19.2. The second-order valence-corrected chi connectivity index (χ2v) is 6.67. The zero-order chi connectivity index (χ0) is 18.4. The topological polar surface area (TPSA) is 71.2 Å². The van der Waals surface area contributed by atoms with Crippen molar-refractivity contribution in [2.24, 2.45) is 0 Å². The predicted molar refractivity (Wildman–Crippen MR) is 101 cm³/mol. The number of amides is 1. The van der Waals surface area contributed by atoms with E-state index in [2.05, 4.69) is 26.2 Å². The fraction of sp³-hybridized carbons (Fsp3) is 0.368. The van der Waals surface area contributed by atoms with Crippen LogP contribution in [0, 0.1) is 13.8 Å². The lowest BCUT2D eigenvalue weighted by Gasteiger charge is -2.08. The Morgan fingerprint density at radius 1 is 1.24 bits per heavy atom. The Bertz CT molecular complexity index is 768. The van der Waals surface area contributed by atoms with Gasteiger partial charge in [0.15, 0.2) is 0 Å². The number of carbonyl (C=O) groups is 2. The van der Waals surface area contributed by atoms with E-state index >= 15 is 0 Å². The number of ether oxygens (including phenoxy) is 1. The summed E-state index contributed by atoms with van der Waals surface area (Å²) in [5.74, 6) is -0.374. The third kappa shape index (κ3) is 4.95. The molecule has 2 N–H and O–H groups in total. The number of aryl methyl sites for hydroxylation is 1. The molecule has 25 heavy (non-hydrogen) atoms. The van der Waals surface area contributed by atoms with Crippen LogP contribution in [0.5, 0.6) is 0 Å². The van der Waals surface area contributed by atoms with Gasteiger partial charge in [0.05, 0.1) is 6.61 Å². The van der Waals surface area contributed by atoms with Gasteiger partial charge in [0.25, 0.3) is 0 Å². The van der Waals surface area contributed by atoms with Crippen LogP contribution in [0.3, 0.4) is 0 Å². The minimum absolute atomic E-state index is 0.0200. The zero-order valence-electron chi connectivity index (χ0n) is 14.7. The Hall–Kier alpha value is -2.08. The van der Waals surface area contributed by atoms with E-state index < -0.39 is 0 Å². The van der Waals surface area contributed by atoms with Crippen molar-refractivity contribution in [3.63, 3.8) is 0 Å². The summed E-state index contributed by atoms with van der Waals surface area (Å²) in [6.07, 6.45) is 0.946. The lowest BCUT2D eigenvalue weighted by Crippen LogP contribution is -2.23. The van der Waals surface area contributed by atoms with Gasteiger partial charge in [0.1, 0.15) is 5.69 Å². The summed E-state index contributed by atoms with van der Waals surface area (Å²) in [7, 11) is 0. The molecule has 0 fully saturated rings. The van der Waals surface area contributed by atoms with Crippen LogP contribution in [-0.2, 0) is 22.5 Å². The van der Waals surface area contributed by atoms with E-state index in [1.54, 1.807) is 6.92 Å². The van der Waals surface area contributed by atoms with E-state index in [1.165, 1.54) is 0 Å². The predicted octanol–water partition coefficient (Wildman–Crippen LogP) is 3.82. The molecule has 6 heteroatoms. The van der Waals surface area contributed by atoms with E-state index in [0.717, 1.165) is 26.9 Å². The van der Waals surface area contributed by atoms with Crippen LogP contribution in [0.2, 0.25) is 0 Å². The second kappa shape index (κ2) is 8.85. The maximum Gasteiger partial charge on any atom is 0.355 e. The Labute approximate surface area is 156 Å². The van der Waals surface area contributed by atoms with Gasteiger partial charge in [-0.05, 0) is 49.9 Å². The molecule has 0 unspecified atom stereocenters. The third-order valence-electron chi connectivity index (χ3n) is 4.11. The minimum atomic E-state index is -0.354. The highest BCUT2D eigenvalue weighted by Gasteiger charge is 2.18. The maximum absolute atomic E-state index is 12.1. The molecule has 0 aliphatic heterocycles. The molecule has 0 aliphatic rings. The van der Waals surface area contributed by atoms with E-state index in [-0.39, 0.29) is 11.9 Å². The quantitative estimate of drug-likeness (QED) is 0.686. The molecule has 0 spiro atoms. The molecule has 1 aromatic heterocycles. The van der Waals surface area contributed by atoms with Gasteiger partial charge in [-0.3, -0.25) is 4.79 Å². The number of halogens is 1. The fourth-order valence-corrected chi connectivity index (χ4v) is 3.16. The summed E-state index contributed by atoms with van der Waals surface area (Å²) in [6, 6.07) is 7.80. The Morgan fingerprint density at radius 2 is 1.96 bits per heavy atom. The average Bonchev–Trinajstić information content (AvgIpc) is 2.87. The number of benzene rings is 1. The first-order valence-corrected chi connectivity index (χ1v) is 9.08. The molecule has 5 nitrogen and oxygen atoms in total. The van der Waals surface area contributed by atoms with Gasteiger partial charge in [-0.1, -0.05) is 34.1 Å². The van der Waals surface area contributed by atoms with Crippen molar-refractivity contribution in [3.8, 4) is 0 Å². The summed E-state index contributed by atoms with van der Waals surface area (Å²) >= 11 is 3.47. The van der Waals surface area contributed by atoms with E-state index in [1.807, 2.05) is 38.1 Å². The SMILES string of the molecule is CCOC(=O)c1[nH]c(C)c(CCC(=O)NCc2ccccc2Br)c1C. The Morgan fingerprint density at radius 3 is 2.64 bits per heavy atom. The molecule has 0 saturated heterocycles. The van der Waals surface area contributed by atoms with E-state index in [0.29, 0.717) is 31.7 Å². The maximum atomic E-state index is 12.1. The van der Waals surface area contributed by atoms with Crippen LogP contribution in [0.25, 0.3) is 0 Å². The van der Waals surface area contributed by atoms with Crippen molar-refractivity contribution in [2.75, 3.05) is 6.61 Å². The number of hydrogen-bond acceptors (Lipinski definition) is 3. The van der Waals surface area contributed by atoms with Gasteiger partial charge in [0, 0.05) is 23.1 Å². The minimum Gasteiger partial charge on any atom is -0.461 e. The van der Waals surface area contributed by atoms with Crippen molar-refractivity contribution in [2.45, 2.75) is 40.2 Å². The van der Waals surface area contributed by atoms with Gasteiger partial charge in [0.2, 0.25) is 5.91 Å². The molecular weight excluding hydrogens is 384 g/mol. The molecule has 2 aromatic rings. The molecule has 2 rings (SSSR count). The van der Waals surface area contributed by atoms with Gasteiger partial charge in [-0.25, -0.2) is 4.79 Å². The first-order chi connectivity index (χ1) is 11.9. The van der Waals surface area contributed by atoms with E-state index in [4.69, 9.17) is 4.74 Å². The Balaban J connectivity index is 1.93. The van der Waals surface area contributed by atoms with Crippen LogP contribution < -0.4 is 5.32 Å². The molecular formula is C19H23BrN2O3. The summed E-state index contributed by atoms with van der Waals surface area (Å²) in [5, 5.41) is 2.93. The third-order valence-corrected chi connectivity index (χ3v) is 4.88. The van der Waals surface area contributed by atoms with Crippen molar-refractivity contribution in [1.29, 1.82) is 0 Å². The van der Waals surface area contributed by atoms with Gasteiger partial charge in [-0.2, -0.15) is 0 Å². The number of rotatable bonds is 7. The number of aromatic amines is 1. The molecule has 134 valence electrons. The van der Waals surface area contributed by atoms with Crippen LogP contribution in [0.15, 0.2) is 28.7 Å². The first-order valence-electron chi connectivity index (χ1n) is 8.29. The highest BCUT2D eigenvalue weighted by Crippen LogP contribution is 2.20. The number of H-pyrrole nitrogens is 1. The molecule has 1 aromatic carbocycles. The summed E-state index contributed by atoms with van der Waals surface area (Å²) in [4.78, 5) is 27.1. The molecule has 1 amide bonds. The average molecular weight is 407 g/mol. The van der Waals surface area contributed by atoms with Crippen LogP contribution in [0.1, 0.15) is 46.2 Å². The second-order valence-electron chi connectivity index (χ2n) is 5.82. The lowest BCUT2D eigenvalue weighted by molar-refractivity contribution is -0.121. The standard InChI is InChI=1S/C19H23BrN2O3/c1-4-25-19(24)18-12(2)15(13(3)22-18)9-10-17(23)21-11-14-7-5-6-8-16(14)20/h5-8,22H,4,9-11H2,1-3H3,(H,21,23). The molecule has 1 heterocycles. The largest absolute Gasteiger partial charge is 0.461 e. The normalized spacial score (nSPS) is 10.6. The van der Waals surface area contributed by atoms with Crippen molar-refractivity contribution >= 4 is 27.8 Å². The van der Waals surface area contributed by atoms with Gasteiger partial charge >= 0.3 is 5.97 Å². The monoisotopic (exact) mass is 406 g/mol. The zero-order valence-corrected chi connectivity index (χ0v) is 16.3. The van der Waals surface area contributed by atoms with Crippen LogP contribution in [-0.4, -0.2) is 23.5 Å². The number of hydrogen-bond donors (Lipinski definition) is 2.